The molecule has 76 valence electrons. The zero-order chi connectivity index (χ0) is 10.1. The maximum atomic E-state index is 3.31. The van der Waals surface area contributed by atoms with Crippen molar-refractivity contribution in [1.29, 1.82) is 0 Å². The lowest BCUT2D eigenvalue weighted by molar-refractivity contribution is 0.176. The SMILES string of the molecule is C/C=C\c1[nH]ccc1C1C(C)CC1C. The molecule has 1 fully saturated rings. The van der Waals surface area contributed by atoms with Crippen molar-refractivity contribution in [3.8, 4) is 0 Å². The van der Waals surface area contributed by atoms with Crippen LogP contribution in [0.4, 0.5) is 0 Å². The maximum absolute atomic E-state index is 3.31. The number of hydrogen-bond acceptors (Lipinski definition) is 0. The van der Waals surface area contributed by atoms with Gasteiger partial charge < -0.3 is 4.98 Å². The summed E-state index contributed by atoms with van der Waals surface area (Å²) in [4.78, 5) is 3.31. The average Bonchev–Trinajstić information content (AvgIpc) is 2.54. The van der Waals surface area contributed by atoms with Gasteiger partial charge in [-0.2, -0.15) is 0 Å². The van der Waals surface area contributed by atoms with Crippen LogP contribution in [-0.2, 0) is 0 Å². The molecular formula is C13H19N. The Labute approximate surface area is 86.2 Å². The van der Waals surface area contributed by atoms with E-state index in [0.717, 1.165) is 17.8 Å². The summed E-state index contributed by atoms with van der Waals surface area (Å²) in [5.74, 6) is 2.47. The zero-order valence-electron chi connectivity index (χ0n) is 9.25. The minimum atomic E-state index is 0.771. The van der Waals surface area contributed by atoms with E-state index >= 15 is 0 Å². The predicted octanol–water partition coefficient (Wildman–Crippen LogP) is 3.81. The van der Waals surface area contributed by atoms with Gasteiger partial charge in [0, 0.05) is 11.9 Å². The minimum absolute atomic E-state index is 0.771. The third-order valence-electron chi connectivity index (χ3n) is 3.47. The number of aromatic nitrogens is 1. The van der Waals surface area contributed by atoms with Gasteiger partial charge in [0.1, 0.15) is 0 Å². The van der Waals surface area contributed by atoms with Crippen molar-refractivity contribution in [2.24, 2.45) is 11.8 Å². The quantitative estimate of drug-likeness (QED) is 0.728. The fraction of sp³-hybridized carbons (Fsp3) is 0.538. The van der Waals surface area contributed by atoms with E-state index in [9.17, 15) is 0 Å². The highest BCUT2D eigenvalue weighted by atomic mass is 14.7. The Morgan fingerprint density at radius 3 is 2.64 bits per heavy atom. The molecule has 1 aromatic heterocycles. The van der Waals surface area contributed by atoms with Crippen molar-refractivity contribution in [3.05, 3.63) is 29.6 Å². The molecule has 0 spiro atoms. The second-order valence-corrected chi connectivity index (χ2v) is 4.56. The molecule has 0 saturated heterocycles. The Morgan fingerprint density at radius 2 is 2.07 bits per heavy atom. The topological polar surface area (TPSA) is 15.8 Å². The number of rotatable bonds is 2. The molecule has 1 saturated carbocycles. The van der Waals surface area contributed by atoms with Crippen LogP contribution in [0, 0.1) is 11.8 Å². The van der Waals surface area contributed by atoms with E-state index in [1.807, 2.05) is 0 Å². The molecule has 2 unspecified atom stereocenters. The van der Waals surface area contributed by atoms with Crippen molar-refractivity contribution in [2.45, 2.75) is 33.1 Å². The first-order chi connectivity index (χ1) is 6.74. The largest absolute Gasteiger partial charge is 0.361 e. The highest BCUT2D eigenvalue weighted by molar-refractivity contribution is 5.51. The van der Waals surface area contributed by atoms with Crippen molar-refractivity contribution >= 4 is 6.08 Å². The molecular weight excluding hydrogens is 170 g/mol. The summed E-state index contributed by atoms with van der Waals surface area (Å²) in [6, 6.07) is 2.24. The van der Waals surface area contributed by atoms with E-state index in [-0.39, 0.29) is 0 Å². The Kier molecular flexibility index (Phi) is 2.49. The predicted molar refractivity (Wildman–Crippen MR) is 61.2 cm³/mol. The van der Waals surface area contributed by atoms with Crippen LogP contribution in [0.2, 0.25) is 0 Å². The third kappa shape index (κ3) is 1.41. The summed E-state index contributed by atoms with van der Waals surface area (Å²) in [6.07, 6.45) is 7.71. The second-order valence-electron chi connectivity index (χ2n) is 4.56. The number of hydrogen-bond donors (Lipinski definition) is 1. The molecule has 1 nitrogen and oxygen atoms in total. The van der Waals surface area contributed by atoms with Gasteiger partial charge in [-0.3, -0.25) is 0 Å². The zero-order valence-corrected chi connectivity index (χ0v) is 9.25. The fourth-order valence-corrected chi connectivity index (χ4v) is 2.85. The van der Waals surface area contributed by atoms with E-state index in [0.29, 0.717) is 0 Å². The van der Waals surface area contributed by atoms with Crippen molar-refractivity contribution in [1.82, 2.24) is 4.98 Å². The van der Waals surface area contributed by atoms with Crippen molar-refractivity contribution in [3.63, 3.8) is 0 Å². The number of nitrogens with one attached hydrogen (secondary N) is 1. The van der Waals surface area contributed by atoms with E-state index in [4.69, 9.17) is 0 Å². The van der Waals surface area contributed by atoms with Gasteiger partial charge in [-0.1, -0.05) is 19.9 Å². The molecule has 0 bridgehead atoms. The lowest BCUT2D eigenvalue weighted by atomic mass is 9.63. The van der Waals surface area contributed by atoms with Crippen LogP contribution < -0.4 is 0 Å². The highest BCUT2D eigenvalue weighted by Gasteiger charge is 2.36. The van der Waals surface area contributed by atoms with E-state index in [2.05, 4.69) is 50.2 Å². The molecule has 1 aliphatic carbocycles. The van der Waals surface area contributed by atoms with Crippen LogP contribution in [0.25, 0.3) is 6.08 Å². The maximum Gasteiger partial charge on any atom is 0.0412 e. The number of allylic oxidation sites excluding steroid dienone is 1. The van der Waals surface area contributed by atoms with Crippen molar-refractivity contribution < 1.29 is 0 Å². The third-order valence-corrected chi connectivity index (χ3v) is 3.47. The van der Waals surface area contributed by atoms with Gasteiger partial charge in [-0.25, -0.2) is 0 Å². The monoisotopic (exact) mass is 189 g/mol. The molecule has 1 aromatic rings. The molecule has 2 rings (SSSR count). The molecule has 1 heteroatoms. The van der Waals surface area contributed by atoms with Crippen LogP contribution >= 0.6 is 0 Å². The number of aromatic amines is 1. The Bertz CT molecular complexity index is 327. The lowest BCUT2D eigenvalue weighted by Gasteiger charge is -2.41. The van der Waals surface area contributed by atoms with Gasteiger partial charge in [0.2, 0.25) is 0 Å². The Hall–Kier alpha value is -0.980. The van der Waals surface area contributed by atoms with E-state index in [1.165, 1.54) is 17.7 Å². The Balaban J connectivity index is 2.27. The minimum Gasteiger partial charge on any atom is -0.361 e. The van der Waals surface area contributed by atoms with Gasteiger partial charge in [-0.15, -0.1) is 0 Å². The van der Waals surface area contributed by atoms with Gasteiger partial charge in [0.25, 0.3) is 0 Å². The highest BCUT2D eigenvalue weighted by Crippen LogP contribution is 2.48. The summed E-state index contributed by atoms with van der Waals surface area (Å²) in [7, 11) is 0. The number of H-pyrrole nitrogens is 1. The molecule has 0 radical (unpaired) electrons. The standard InChI is InChI=1S/C13H19N/c1-4-5-12-11(6-7-14-12)13-9(2)8-10(13)3/h4-7,9-10,13-14H,8H2,1-3H3/b5-4-. The second kappa shape index (κ2) is 3.64. The molecule has 14 heavy (non-hydrogen) atoms. The molecule has 2 atom stereocenters. The van der Waals surface area contributed by atoms with E-state index in [1.54, 1.807) is 0 Å². The summed E-state index contributed by atoms with van der Waals surface area (Å²) in [5.41, 5.74) is 2.81. The normalized spacial score (nSPS) is 32.1. The molecule has 0 aliphatic heterocycles. The fourth-order valence-electron chi connectivity index (χ4n) is 2.85. The molecule has 1 aliphatic rings. The van der Waals surface area contributed by atoms with E-state index < -0.39 is 0 Å². The van der Waals surface area contributed by atoms with Crippen LogP contribution in [0.5, 0.6) is 0 Å². The summed E-state index contributed by atoms with van der Waals surface area (Å²) in [5, 5.41) is 0. The van der Waals surface area contributed by atoms with Gasteiger partial charge in [-0.05, 0) is 48.8 Å². The first-order valence-electron chi connectivity index (χ1n) is 5.54. The molecule has 1 heterocycles. The first kappa shape index (κ1) is 9.57. The lowest BCUT2D eigenvalue weighted by Crippen LogP contribution is -2.30. The van der Waals surface area contributed by atoms with Gasteiger partial charge in [0.15, 0.2) is 0 Å². The first-order valence-corrected chi connectivity index (χ1v) is 5.54. The molecule has 1 N–H and O–H groups in total. The summed E-state index contributed by atoms with van der Waals surface area (Å²) < 4.78 is 0. The summed E-state index contributed by atoms with van der Waals surface area (Å²) >= 11 is 0. The average molecular weight is 189 g/mol. The Morgan fingerprint density at radius 1 is 1.36 bits per heavy atom. The van der Waals surface area contributed by atoms with Crippen LogP contribution in [-0.4, -0.2) is 4.98 Å². The van der Waals surface area contributed by atoms with Gasteiger partial charge in [0.05, 0.1) is 0 Å². The van der Waals surface area contributed by atoms with Gasteiger partial charge >= 0.3 is 0 Å². The van der Waals surface area contributed by atoms with Crippen LogP contribution in [0.3, 0.4) is 0 Å². The van der Waals surface area contributed by atoms with Crippen LogP contribution in [0.15, 0.2) is 18.3 Å². The van der Waals surface area contributed by atoms with Crippen LogP contribution in [0.1, 0.15) is 44.4 Å². The summed E-state index contributed by atoms with van der Waals surface area (Å²) in [6.45, 7) is 6.78. The smallest absolute Gasteiger partial charge is 0.0412 e. The molecule has 0 aromatic carbocycles. The van der Waals surface area contributed by atoms with Crippen molar-refractivity contribution in [2.75, 3.05) is 0 Å². The molecule has 0 amide bonds.